The van der Waals surface area contributed by atoms with Crippen molar-refractivity contribution in [2.75, 3.05) is 25.5 Å². The first-order valence-electron chi connectivity index (χ1n) is 6.42. The summed E-state index contributed by atoms with van der Waals surface area (Å²) in [7, 11) is 1.42. The molecule has 104 valence electrons. The maximum Gasteiger partial charge on any atom is 0.331 e. The Balaban J connectivity index is 2.33. The van der Waals surface area contributed by atoms with E-state index in [0.717, 1.165) is 18.8 Å². The smallest absolute Gasteiger partial charge is 0.331 e. The van der Waals surface area contributed by atoms with Crippen molar-refractivity contribution in [3.8, 4) is 0 Å². The fourth-order valence-electron chi connectivity index (χ4n) is 2.55. The quantitative estimate of drug-likeness (QED) is 0.835. The molecule has 1 aliphatic rings. The normalized spacial score (nSPS) is 26.8. The van der Waals surface area contributed by atoms with E-state index in [2.05, 4.69) is 10.6 Å². The van der Waals surface area contributed by atoms with Crippen LogP contribution in [-0.4, -0.2) is 31.7 Å². The number of para-hydroxylation sites is 1. The van der Waals surface area contributed by atoms with Crippen molar-refractivity contribution >= 4 is 23.3 Å². The van der Waals surface area contributed by atoms with Crippen LogP contribution in [0.25, 0.3) is 0 Å². The van der Waals surface area contributed by atoms with Gasteiger partial charge in [0.05, 0.1) is 17.8 Å². The summed E-state index contributed by atoms with van der Waals surface area (Å²) in [6, 6.07) is 7.44. The molecule has 0 aliphatic carbocycles. The topological polar surface area (TPSA) is 50.4 Å². The third-order valence-corrected chi connectivity index (χ3v) is 4.10. The second-order valence-electron chi connectivity index (χ2n) is 4.92. The van der Waals surface area contributed by atoms with E-state index in [4.69, 9.17) is 16.3 Å². The molecule has 0 amide bonds. The van der Waals surface area contributed by atoms with Crippen molar-refractivity contribution in [2.45, 2.75) is 18.9 Å². The molecule has 1 aromatic carbocycles. The molecule has 1 aliphatic heterocycles. The SMILES string of the molecule is COC(=O)C1(Nc2ccccc2Cl)CCNCC1C. The predicted octanol–water partition coefficient (Wildman–Crippen LogP) is 2.29. The van der Waals surface area contributed by atoms with Crippen LogP contribution in [-0.2, 0) is 9.53 Å². The molecule has 1 heterocycles. The Labute approximate surface area is 118 Å². The molecule has 1 saturated heterocycles. The molecule has 5 heteroatoms. The Kier molecular flexibility index (Phi) is 4.32. The molecule has 2 N–H and O–H groups in total. The lowest BCUT2D eigenvalue weighted by Gasteiger charge is -2.41. The first-order chi connectivity index (χ1) is 9.10. The molecule has 0 saturated carbocycles. The Morgan fingerprint density at radius 3 is 2.89 bits per heavy atom. The van der Waals surface area contributed by atoms with Crippen LogP contribution in [0.15, 0.2) is 24.3 Å². The first kappa shape index (κ1) is 14.2. The van der Waals surface area contributed by atoms with Crippen LogP contribution in [0.3, 0.4) is 0 Å². The van der Waals surface area contributed by atoms with Crippen LogP contribution in [0.1, 0.15) is 13.3 Å². The highest BCUT2D eigenvalue weighted by Crippen LogP contribution is 2.33. The third-order valence-electron chi connectivity index (χ3n) is 3.77. The number of methoxy groups -OCH3 is 1. The number of ether oxygens (including phenoxy) is 1. The van der Waals surface area contributed by atoms with E-state index >= 15 is 0 Å². The van der Waals surface area contributed by atoms with Crippen molar-refractivity contribution in [2.24, 2.45) is 5.92 Å². The van der Waals surface area contributed by atoms with Gasteiger partial charge in [0, 0.05) is 12.5 Å². The summed E-state index contributed by atoms with van der Waals surface area (Å²) in [4.78, 5) is 12.3. The molecule has 0 aromatic heterocycles. The lowest BCUT2D eigenvalue weighted by Crippen LogP contribution is -2.59. The lowest BCUT2D eigenvalue weighted by atomic mass is 9.79. The van der Waals surface area contributed by atoms with Crippen LogP contribution in [0, 0.1) is 5.92 Å². The maximum atomic E-state index is 12.3. The molecule has 2 rings (SSSR count). The van der Waals surface area contributed by atoms with Gasteiger partial charge < -0.3 is 15.4 Å². The van der Waals surface area contributed by atoms with Gasteiger partial charge in [-0.3, -0.25) is 0 Å². The van der Waals surface area contributed by atoms with Crippen LogP contribution < -0.4 is 10.6 Å². The summed E-state index contributed by atoms with van der Waals surface area (Å²) in [6.45, 7) is 3.58. The summed E-state index contributed by atoms with van der Waals surface area (Å²) >= 11 is 6.17. The van der Waals surface area contributed by atoms with E-state index in [-0.39, 0.29) is 11.9 Å². The fraction of sp³-hybridized carbons (Fsp3) is 0.500. The number of hydrogen-bond donors (Lipinski definition) is 2. The summed E-state index contributed by atoms with van der Waals surface area (Å²) < 4.78 is 5.00. The number of hydrogen-bond acceptors (Lipinski definition) is 4. The second kappa shape index (κ2) is 5.80. The Morgan fingerprint density at radius 1 is 1.53 bits per heavy atom. The van der Waals surface area contributed by atoms with Crippen LogP contribution >= 0.6 is 11.6 Å². The summed E-state index contributed by atoms with van der Waals surface area (Å²) in [5, 5.41) is 7.21. The van der Waals surface area contributed by atoms with E-state index in [1.54, 1.807) is 6.07 Å². The van der Waals surface area contributed by atoms with Gasteiger partial charge in [-0.15, -0.1) is 0 Å². The Hall–Kier alpha value is -1.26. The van der Waals surface area contributed by atoms with Gasteiger partial charge in [-0.25, -0.2) is 4.79 Å². The number of carbonyl (C=O) groups is 1. The summed E-state index contributed by atoms with van der Waals surface area (Å²) in [6.07, 6.45) is 0.673. The number of rotatable bonds is 3. The van der Waals surface area contributed by atoms with Crippen molar-refractivity contribution in [3.63, 3.8) is 0 Å². The van der Waals surface area contributed by atoms with Gasteiger partial charge in [-0.05, 0) is 25.1 Å². The number of nitrogens with one attached hydrogen (secondary N) is 2. The number of piperidine rings is 1. The average Bonchev–Trinajstić information content (AvgIpc) is 2.43. The lowest BCUT2D eigenvalue weighted by molar-refractivity contribution is -0.148. The largest absolute Gasteiger partial charge is 0.467 e. The molecule has 1 fully saturated rings. The molecule has 2 atom stereocenters. The zero-order valence-electron chi connectivity index (χ0n) is 11.2. The minimum absolute atomic E-state index is 0.116. The van der Waals surface area contributed by atoms with E-state index in [0.29, 0.717) is 11.4 Å². The van der Waals surface area contributed by atoms with Gasteiger partial charge >= 0.3 is 5.97 Å². The maximum absolute atomic E-state index is 12.3. The van der Waals surface area contributed by atoms with Crippen molar-refractivity contribution in [3.05, 3.63) is 29.3 Å². The first-order valence-corrected chi connectivity index (χ1v) is 6.80. The second-order valence-corrected chi connectivity index (χ2v) is 5.33. The molecule has 0 bridgehead atoms. The third kappa shape index (κ3) is 2.69. The van der Waals surface area contributed by atoms with E-state index < -0.39 is 5.54 Å². The molecular weight excluding hydrogens is 264 g/mol. The number of benzene rings is 1. The molecule has 0 spiro atoms. The molecule has 4 nitrogen and oxygen atoms in total. The van der Waals surface area contributed by atoms with Crippen LogP contribution in [0.5, 0.6) is 0 Å². The number of esters is 1. The fourth-order valence-corrected chi connectivity index (χ4v) is 2.73. The highest BCUT2D eigenvalue weighted by molar-refractivity contribution is 6.33. The predicted molar refractivity (Wildman–Crippen MR) is 76.5 cm³/mol. The van der Waals surface area contributed by atoms with Crippen LogP contribution in [0.4, 0.5) is 5.69 Å². The van der Waals surface area contributed by atoms with Crippen molar-refractivity contribution < 1.29 is 9.53 Å². The van der Waals surface area contributed by atoms with Gasteiger partial charge in [-0.1, -0.05) is 30.7 Å². The molecular formula is C14H19ClN2O2. The zero-order chi connectivity index (χ0) is 13.9. The van der Waals surface area contributed by atoms with Gasteiger partial charge in [0.2, 0.25) is 0 Å². The zero-order valence-corrected chi connectivity index (χ0v) is 12.0. The minimum Gasteiger partial charge on any atom is -0.467 e. The van der Waals surface area contributed by atoms with Gasteiger partial charge in [0.15, 0.2) is 0 Å². The Bertz CT molecular complexity index is 467. The molecule has 1 aromatic rings. The van der Waals surface area contributed by atoms with Gasteiger partial charge in [0.1, 0.15) is 5.54 Å². The standard InChI is InChI=1S/C14H19ClN2O2/c1-10-9-16-8-7-14(10,13(18)19-2)17-12-6-4-3-5-11(12)15/h3-6,10,16-17H,7-9H2,1-2H3. The summed E-state index contributed by atoms with van der Waals surface area (Å²) in [5.74, 6) is -0.119. The summed E-state index contributed by atoms with van der Waals surface area (Å²) in [5.41, 5.74) is 0.0497. The van der Waals surface area contributed by atoms with E-state index in [9.17, 15) is 4.79 Å². The number of anilines is 1. The van der Waals surface area contributed by atoms with Gasteiger partial charge in [-0.2, -0.15) is 0 Å². The van der Waals surface area contributed by atoms with E-state index in [1.807, 2.05) is 25.1 Å². The van der Waals surface area contributed by atoms with Crippen molar-refractivity contribution in [1.29, 1.82) is 0 Å². The Morgan fingerprint density at radius 2 is 2.26 bits per heavy atom. The molecule has 2 unspecified atom stereocenters. The monoisotopic (exact) mass is 282 g/mol. The number of halogens is 1. The highest BCUT2D eigenvalue weighted by Gasteiger charge is 2.46. The minimum atomic E-state index is -0.717. The molecule has 0 radical (unpaired) electrons. The highest BCUT2D eigenvalue weighted by atomic mass is 35.5. The van der Waals surface area contributed by atoms with E-state index in [1.165, 1.54) is 7.11 Å². The average molecular weight is 283 g/mol. The van der Waals surface area contributed by atoms with Crippen molar-refractivity contribution in [1.82, 2.24) is 5.32 Å². The van der Waals surface area contributed by atoms with Crippen LogP contribution in [0.2, 0.25) is 5.02 Å². The van der Waals surface area contributed by atoms with Gasteiger partial charge in [0.25, 0.3) is 0 Å². The number of carbonyl (C=O) groups excluding carboxylic acids is 1. The molecule has 19 heavy (non-hydrogen) atoms.